The van der Waals surface area contributed by atoms with Gasteiger partial charge in [-0.2, -0.15) is 5.10 Å². The summed E-state index contributed by atoms with van der Waals surface area (Å²) >= 11 is 0. The molecule has 2 heterocycles. The first-order valence-electron chi connectivity index (χ1n) is 4.91. The van der Waals surface area contributed by atoms with E-state index < -0.39 is 0 Å². The van der Waals surface area contributed by atoms with Gasteiger partial charge in [-0.1, -0.05) is 0 Å². The van der Waals surface area contributed by atoms with Crippen LogP contribution in [0.5, 0.6) is 0 Å². The van der Waals surface area contributed by atoms with Gasteiger partial charge in [-0.15, -0.1) is 0 Å². The molecule has 80 valence electrons. The Labute approximate surface area is 87.9 Å². The van der Waals surface area contributed by atoms with Crippen molar-refractivity contribution in [2.45, 2.75) is 19.4 Å². The molecule has 0 bridgehead atoms. The molecule has 0 unspecified atom stereocenters. The van der Waals surface area contributed by atoms with E-state index in [2.05, 4.69) is 10.1 Å². The molecule has 2 aromatic rings. The molecule has 5 nitrogen and oxygen atoms in total. The molecule has 0 radical (unpaired) electrons. The maximum atomic E-state index is 5.51. The van der Waals surface area contributed by atoms with E-state index in [0.29, 0.717) is 6.54 Å². The van der Waals surface area contributed by atoms with Gasteiger partial charge in [0.15, 0.2) is 5.82 Å². The molecule has 0 aromatic carbocycles. The molecule has 0 aliphatic carbocycles. The Hall–Kier alpha value is -1.62. The smallest absolute Gasteiger partial charge is 0.151 e. The van der Waals surface area contributed by atoms with Crippen LogP contribution in [-0.4, -0.2) is 14.8 Å². The highest BCUT2D eigenvalue weighted by Gasteiger charge is 2.06. The molecule has 0 saturated heterocycles. The van der Waals surface area contributed by atoms with Gasteiger partial charge in [0.1, 0.15) is 11.6 Å². The largest absolute Gasteiger partial charge is 0.469 e. The molecule has 0 fully saturated rings. The Morgan fingerprint density at radius 2 is 2.33 bits per heavy atom. The van der Waals surface area contributed by atoms with Gasteiger partial charge in [0.05, 0.1) is 12.8 Å². The summed E-state index contributed by atoms with van der Waals surface area (Å²) in [5, 5.41) is 4.26. The van der Waals surface area contributed by atoms with Gasteiger partial charge in [-0.25, -0.2) is 4.98 Å². The van der Waals surface area contributed by atoms with E-state index in [1.54, 1.807) is 10.9 Å². The average molecular weight is 206 g/mol. The lowest BCUT2D eigenvalue weighted by Crippen LogP contribution is -2.05. The third-order valence-electron chi connectivity index (χ3n) is 2.25. The Balaban J connectivity index is 1.99. The minimum Gasteiger partial charge on any atom is -0.469 e. The van der Waals surface area contributed by atoms with E-state index in [4.69, 9.17) is 10.2 Å². The fraction of sp³-hybridized carbons (Fsp3) is 0.400. The molecular formula is C10H14N4O. The summed E-state index contributed by atoms with van der Waals surface area (Å²) in [4.78, 5) is 4.31. The topological polar surface area (TPSA) is 69.9 Å². The van der Waals surface area contributed by atoms with E-state index in [9.17, 15) is 0 Å². The minimum atomic E-state index is 0.421. The molecule has 0 atom stereocenters. The van der Waals surface area contributed by atoms with Gasteiger partial charge in [0, 0.05) is 19.9 Å². The van der Waals surface area contributed by atoms with Crippen molar-refractivity contribution in [1.29, 1.82) is 0 Å². The normalized spacial score (nSPS) is 10.8. The first-order valence-corrected chi connectivity index (χ1v) is 4.91. The Morgan fingerprint density at radius 1 is 1.47 bits per heavy atom. The third kappa shape index (κ3) is 2.24. The van der Waals surface area contributed by atoms with Gasteiger partial charge in [-0.05, 0) is 12.1 Å². The van der Waals surface area contributed by atoms with Crippen molar-refractivity contribution in [2.24, 2.45) is 12.8 Å². The van der Waals surface area contributed by atoms with Crippen LogP contribution in [0.2, 0.25) is 0 Å². The number of nitrogens with zero attached hydrogens (tertiary/aromatic N) is 3. The fourth-order valence-electron chi connectivity index (χ4n) is 1.45. The van der Waals surface area contributed by atoms with Crippen LogP contribution in [0, 0.1) is 0 Å². The van der Waals surface area contributed by atoms with Crippen molar-refractivity contribution in [3.05, 3.63) is 35.8 Å². The summed E-state index contributed by atoms with van der Waals surface area (Å²) in [7, 11) is 1.85. The molecule has 15 heavy (non-hydrogen) atoms. The highest BCUT2D eigenvalue weighted by molar-refractivity contribution is 5.01. The second-order valence-electron chi connectivity index (χ2n) is 3.35. The van der Waals surface area contributed by atoms with E-state index in [1.165, 1.54) is 0 Å². The Morgan fingerprint density at radius 3 is 2.93 bits per heavy atom. The predicted molar refractivity (Wildman–Crippen MR) is 55.0 cm³/mol. The van der Waals surface area contributed by atoms with Gasteiger partial charge in [0.2, 0.25) is 0 Å². The second kappa shape index (κ2) is 4.27. The molecule has 2 rings (SSSR count). The Bertz CT molecular complexity index is 419. The minimum absolute atomic E-state index is 0.421. The lowest BCUT2D eigenvalue weighted by Gasteiger charge is -1.91. The zero-order valence-corrected chi connectivity index (χ0v) is 8.68. The van der Waals surface area contributed by atoms with Crippen molar-refractivity contribution >= 4 is 0 Å². The maximum absolute atomic E-state index is 5.51. The number of hydrogen-bond acceptors (Lipinski definition) is 4. The van der Waals surface area contributed by atoms with Crippen molar-refractivity contribution in [1.82, 2.24) is 14.8 Å². The summed E-state index contributed by atoms with van der Waals surface area (Å²) in [5.41, 5.74) is 5.51. The molecule has 0 spiro atoms. The summed E-state index contributed by atoms with van der Waals surface area (Å²) in [6.45, 7) is 0.421. The van der Waals surface area contributed by atoms with Gasteiger partial charge in [0.25, 0.3) is 0 Å². The summed E-state index contributed by atoms with van der Waals surface area (Å²) < 4.78 is 6.95. The number of hydrogen-bond donors (Lipinski definition) is 1. The maximum Gasteiger partial charge on any atom is 0.151 e. The predicted octanol–water partition coefficient (Wildman–Crippen LogP) is 0.652. The standard InChI is InChI=1S/C10H14N4O/c1-14-10(7-11)12-9(13-14)5-4-8-3-2-6-15-8/h2-3,6H,4-5,7,11H2,1H3. The van der Waals surface area contributed by atoms with E-state index >= 15 is 0 Å². The van der Waals surface area contributed by atoms with Crippen molar-refractivity contribution in [2.75, 3.05) is 0 Å². The molecule has 0 aliphatic rings. The first kappa shape index (κ1) is 9.92. The monoisotopic (exact) mass is 206 g/mol. The lowest BCUT2D eigenvalue weighted by atomic mass is 10.2. The summed E-state index contributed by atoms with van der Waals surface area (Å²) in [5.74, 6) is 2.58. The van der Waals surface area contributed by atoms with Crippen molar-refractivity contribution in [3.63, 3.8) is 0 Å². The molecule has 0 aliphatic heterocycles. The molecule has 0 saturated carbocycles. The average Bonchev–Trinajstić information content (AvgIpc) is 2.83. The number of aromatic nitrogens is 3. The molecule has 5 heteroatoms. The lowest BCUT2D eigenvalue weighted by molar-refractivity contribution is 0.506. The number of nitrogens with two attached hydrogens (primary N) is 1. The molecular weight excluding hydrogens is 192 g/mol. The van der Waals surface area contributed by atoms with Crippen LogP contribution in [0.15, 0.2) is 22.8 Å². The van der Waals surface area contributed by atoms with Crippen molar-refractivity contribution in [3.8, 4) is 0 Å². The molecule has 2 aromatic heterocycles. The zero-order valence-electron chi connectivity index (χ0n) is 8.68. The fourth-order valence-corrected chi connectivity index (χ4v) is 1.45. The first-order chi connectivity index (χ1) is 7.29. The van der Waals surface area contributed by atoms with Crippen molar-refractivity contribution < 1.29 is 4.42 Å². The highest BCUT2D eigenvalue weighted by atomic mass is 16.3. The van der Waals surface area contributed by atoms with Gasteiger partial charge < -0.3 is 10.2 Å². The Kier molecular flexibility index (Phi) is 2.82. The van der Waals surface area contributed by atoms with Crippen LogP contribution < -0.4 is 5.73 Å². The number of furan rings is 1. The van der Waals surface area contributed by atoms with Crippen LogP contribution in [0.1, 0.15) is 17.4 Å². The van der Waals surface area contributed by atoms with Crippen LogP contribution in [0.4, 0.5) is 0 Å². The molecule has 2 N–H and O–H groups in total. The van der Waals surface area contributed by atoms with E-state index in [-0.39, 0.29) is 0 Å². The number of rotatable bonds is 4. The van der Waals surface area contributed by atoms with Crippen LogP contribution in [0.3, 0.4) is 0 Å². The zero-order chi connectivity index (χ0) is 10.7. The van der Waals surface area contributed by atoms with Gasteiger partial charge >= 0.3 is 0 Å². The van der Waals surface area contributed by atoms with E-state index in [1.807, 2.05) is 19.2 Å². The summed E-state index contributed by atoms with van der Waals surface area (Å²) in [6, 6.07) is 3.83. The quantitative estimate of drug-likeness (QED) is 0.797. The highest BCUT2D eigenvalue weighted by Crippen LogP contribution is 2.05. The number of aryl methyl sites for hydroxylation is 3. The van der Waals surface area contributed by atoms with Gasteiger partial charge in [-0.3, -0.25) is 4.68 Å². The van der Waals surface area contributed by atoms with E-state index in [0.717, 1.165) is 30.3 Å². The third-order valence-corrected chi connectivity index (χ3v) is 2.25. The molecule has 0 amide bonds. The summed E-state index contributed by atoms with van der Waals surface area (Å²) in [6.07, 6.45) is 3.27. The van der Waals surface area contributed by atoms with Crippen LogP contribution >= 0.6 is 0 Å². The van der Waals surface area contributed by atoms with Crippen LogP contribution in [0.25, 0.3) is 0 Å². The second-order valence-corrected chi connectivity index (χ2v) is 3.35. The SMILES string of the molecule is Cn1nc(CCc2ccco2)nc1CN. The van der Waals surface area contributed by atoms with Crippen LogP contribution in [-0.2, 0) is 26.4 Å².